The minimum atomic E-state index is 0.00285. The molecule has 1 fully saturated rings. The van der Waals surface area contributed by atoms with Crippen molar-refractivity contribution in [1.29, 1.82) is 0 Å². The van der Waals surface area contributed by atoms with Crippen molar-refractivity contribution in [3.63, 3.8) is 0 Å². The third-order valence-electron chi connectivity index (χ3n) is 3.78. The molecule has 1 aromatic carbocycles. The lowest BCUT2D eigenvalue weighted by molar-refractivity contribution is -0.136. The Bertz CT molecular complexity index is 422. The molecular weight excluding hydrogens is 224 g/mol. The quantitative estimate of drug-likeness (QED) is 0.885. The van der Waals surface area contributed by atoms with Gasteiger partial charge in [-0.25, -0.2) is 0 Å². The molecule has 1 N–H and O–H groups in total. The van der Waals surface area contributed by atoms with E-state index in [1.54, 1.807) is 0 Å². The van der Waals surface area contributed by atoms with Crippen LogP contribution in [0.4, 0.5) is 0 Å². The lowest BCUT2D eigenvalue weighted by atomic mass is 10.0. The Hall–Kier alpha value is -1.35. The Morgan fingerprint density at radius 3 is 2.61 bits per heavy atom. The summed E-state index contributed by atoms with van der Waals surface area (Å²) in [6.07, 6.45) is 0.863. The molecule has 98 valence electrons. The minimum absolute atomic E-state index is 0.00285. The standard InChI is InChI=1S/C15H22N2O/c1-4-14-15(18)17(9-8-16-14)10-13-11(2)6-5-7-12(13)3/h5-7,14,16H,4,8-10H2,1-3H3. The van der Waals surface area contributed by atoms with Crippen LogP contribution in [0, 0.1) is 13.8 Å². The van der Waals surface area contributed by atoms with Crippen LogP contribution >= 0.6 is 0 Å². The SMILES string of the molecule is CCC1NCCN(Cc2c(C)cccc2C)C1=O. The average molecular weight is 246 g/mol. The van der Waals surface area contributed by atoms with Gasteiger partial charge in [0.15, 0.2) is 0 Å². The van der Waals surface area contributed by atoms with Gasteiger partial charge >= 0.3 is 0 Å². The smallest absolute Gasteiger partial charge is 0.240 e. The fraction of sp³-hybridized carbons (Fsp3) is 0.533. The lowest BCUT2D eigenvalue weighted by Gasteiger charge is -2.33. The molecule has 18 heavy (non-hydrogen) atoms. The molecule has 1 atom stereocenters. The Labute approximate surface area is 109 Å². The van der Waals surface area contributed by atoms with Gasteiger partial charge in [-0.1, -0.05) is 25.1 Å². The number of piperazine rings is 1. The van der Waals surface area contributed by atoms with E-state index in [9.17, 15) is 4.79 Å². The normalized spacial score (nSPS) is 20.3. The number of aryl methyl sites for hydroxylation is 2. The number of carbonyl (C=O) groups excluding carboxylic acids is 1. The van der Waals surface area contributed by atoms with Crippen molar-refractivity contribution in [2.75, 3.05) is 13.1 Å². The largest absolute Gasteiger partial charge is 0.336 e. The Morgan fingerprint density at radius 2 is 2.00 bits per heavy atom. The van der Waals surface area contributed by atoms with Crippen molar-refractivity contribution in [2.24, 2.45) is 0 Å². The van der Waals surface area contributed by atoms with Crippen LogP contribution in [-0.4, -0.2) is 29.9 Å². The molecule has 1 amide bonds. The summed E-state index contributed by atoms with van der Waals surface area (Å²) < 4.78 is 0. The van der Waals surface area contributed by atoms with E-state index >= 15 is 0 Å². The molecule has 3 heteroatoms. The lowest BCUT2D eigenvalue weighted by Crippen LogP contribution is -2.54. The van der Waals surface area contributed by atoms with Crippen LogP contribution in [0.25, 0.3) is 0 Å². The highest BCUT2D eigenvalue weighted by Crippen LogP contribution is 2.17. The summed E-state index contributed by atoms with van der Waals surface area (Å²) in [6.45, 7) is 8.74. The van der Waals surface area contributed by atoms with E-state index < -0.39 is 0 Å². The minimum Gasteiger partial charge on any atom is -0.336 e. The Morgan fingerprint density at radius 1 is 1.33 bits per heavy atom. The third-order valence-corrected chi connectivity index (χ3v) is 3.78. The molecule has 1 heterocycles. The number of hydrogen-bond acceptors (Lipinski definition) is 2. The van der Waals surface area contributed by atoms with E-state index in [1.165, 1.54) is 16.7 Å². The zero-order valence-corrected chi connectivity index (χ0v) is 11.5. The van der Waals surface area contributed by atoms with Gasteiger partial charge in [0, 0.05) is 19.6 Å². The topological polar surface area (TPSA) is 32.3 Å². The van der Waals surface area contributed by atoms with Crippen LogP contribution in [-0.2, 0) is 11.3 Å². The van der Waals surface area contributed by atoms with Crippen molar-refractivity contribution in [3.8, 4) is 0 Å². The first-order valence-electron chi connectivity index (χ1n) is 6.70. The first kappa shape index (κ1) is 13.1. The molecule has 1 aliphatic heterocycles. The number of amides is 1. The van der Waals surface area contributed by atoms with Gasteiger partial charge in [0.1, 0.15) is 0 Å². The van der Waals surface area contributed by atoms with Crippen molar-refractivity contribution in [1.82, 2.24) is 10.2 Å². The molecular formula is C15H22N2O. The number of benzene rings is 1. The molecule has 1 saturated heterocycles. The van der Waals surface area contributed by atoms with Gasteiger partial charge in [-0.05, 0) is 37.0 Å². The molecule has 0 radical (unpaired) electrons. The molecule has 0 aromatic heterocycles. The fourth-order valence-electron chi connectivity index (χ4n) is 2.56. The van der Waals surface area contributed by atoms with Crippen LogP contribution in [0.2, 0.25) is 0 Å². The molecule has 3 nitrogen and oxygen atoms in total. The number of nitrogens with zero attached hydrogens (tertiary/aromatic N) is 1. The van der Waals surface area contributed by atoms with Crippen LogP contribution in [0.15, 0.2) is 18.2 Å². The highest BCUT2D eigenvalue weighted by Gasteiger charge is 2.27. The molecule has 1 aromatic rings. The van der Waals surface area contributed by atoms with E-state index in [4.69, 9.17) is 0 Å². The molecule has 0 saturated carbocycles. The molecule has 2 rings (SSSR count). The zero-order valence-electron chi connectivity index (χ0n) is 11.5. The summed E-state index contributed by atoms with van der Waals surface area (Å²) in [4.78, 5) is 14.2. The first-order valence-corrected chi connectivity index (χ1v) is 6.70. The summed E-state index contributed by atoms with van der Waals surface area (Å²) in [5, 5.41) is 3.27. The predicted octanol–water partition coefficient (Wildman–Crippen LogP) is 2.01. The van der Waals surface area contributed by atoms with Crippen LogP contribution < -0.4 is 5.32 Å². The summed E-state index contributed by atoms with van der Waals surface area (Å²) in [7, 11) is 0. The molecule has 1 aliphatic rings. The van der Waals surface area contributed by atoms with Crippen molar-refractivity contribution in [3.05, 3.63) is 34.9 Å². The number of rotatable bonds is 3. The van der Waals surface area contributed by atoms with E-state index in [0.29, 0.717) is 0 Å². The molecule has 0 aliphatic carbocycles. The highest BCUT2D eigenvalue weighted by atomic mass is 16.2. The second kappa shape index (κ2) is 5.53. The fourth-order valence-corrected chi connectivity index (χ4v) is 2.56. The molecule has 1 unspecified atom stereocenters. The van der Waals surface area contributed by atoms with Gasteiger partial charge in [-0.3, -0.25) is 4.79 Å². The average Bonchev–Trinajstić information content (AvgIpc) is 2.36. The van der Waals surface area contributed by atoms with Gasteiger partial charge in [-0.15, -0.1) is 0 Å². The van der Waals surface area contributed by atoms with E-state index in [1.807, 2.05) is 4.90 Å². The van der Waals surface area contributed by atoms with Crippen molar-refractivity contribution < 1.29 is 4.79 Å². The predicted molar refractivity (Wildman–Crippen MR) is 73.4 cm³/mol. The highest BCUT2D eigenvalue weighted by molar-refractivity contribution is 5.82. The molecule has 0 spiro atoms. The van der Waals surface area contributed by atoms with E-state index in [0.717, 1.165) is 26.1 Å². The van der Waals surface area contributed by atoms with E-state index in [2.05, 4.69) is 44.3 Å². The monoisotopic (exact) mass is 246 g/mol. The number of nitrogens with one attached hydrogen (secondary N) is 1. The van der Waals surface area contributed by atoms with E-state index in [-0.39, 0.29) is 11.9 Å². The maximum absolute atomic E-state index is 12.2. The van der Waals surface area contributed by atoms with Crippen LogP contribution in [0.1, 0.15) is 30.0 Å². The second-order valence-corrected chi connectivity index (χ2v) is 5.05. The van der Waals surface area contributed by atoms with Crippen LogP contribution in [0.5, 0.6) is 0 Å². The maximum Gasteiger partial charge on any atom is 0.240 e. The van der Waals surface area contributed by atoms with Gasteiger partial charge < -0.3 is 10.2 Å². The zero-order chi connectivity index (χ0) is 13.1. The van der Waals surface area contributed by atoms with Gasteiger partial charge in [-0.2, -0.15) is 0 Å². The summed E-state index contributed by atoms with van der Waals surface area (Å²) >= 11 is 0. The Balaban J connectivity index is 2.16. The van der Waals surface area contributed by atoms with Gasteiger partial charge in [0.2, 0.25) is 5.91 Å². The summed E-state index contributed by atoms with van der Waals surface area (Å²) in [5.74, 6) is 0.242. The van der Waals surface area contributed by atoms with Crippen molar-refractivity contribution in [2.45, 2.75) is 39.8 Å². The van der Waals surface area contributed by atoms with Crippen LogP contribution in [0.3, 0.4) is 0 Å². The summed E-state index contributed by atoms with van der Waals surface area (Å²) in [5.41, 5.74) is 3.84. The van der Waals surface area contributed by atoms with Crippen molar-refractivity contribution >= 4 is 5.91 Å². The molecule has 0 bridgehead atoms. The van der Waals surface area contributed by atoms with Gasteiger partial charge in [0.05, 0.1) is 6.04 Å². The number of carbonyl (C=O) groups is 1. The first-order chi connectivity index (χ1) is 8.63. The summed E-state index contributed by atoms with van der Waals surface area (Å²) in [6, 6.07) is 6.31. The number of hydrogen-bond donors (Lipinski definition) is 1. The third kappa shape index (κ3) is 2.56. The maximum atomic E-state index is 12.2. The Kier molecular flexibility index (Phi) is 4.02. The van der Waals surface area contributed by atoms with Gasteiger partial charge in [0.25, 0.3) is 0 Å². The second-order valence-electron chi connectivity index (χ2n) is 5.05.